The fourth-order valence-electron chi connectivity index (χ4n) is 3.91. The Morgan fingerprint density at radius 2 is 1.74 bits per heavy atom. The van der Waals surface area contributed by atoms with E-state index in [9.17, 15) is 13.2 Å². The van der Waals surface area contributed by atoms with Gasteiger partial charge in [-0.05, 0) is 48.7 Å². The Hall–Kier alpha value is -2.45. The minimum absolute atomic E-state index is 0.0708. The van der Waals surface area contributed by atoms with Crippen molar-refractivity contribution in [2.45, 2.75) is 32.1 Å². The van der Waals surface area contributed by atoms with Gasteiger partial charge in [-0.2, -0.15) is 0 Å². The summed E-state index contributed by atoms with van der Waals surface area (Å²) in [6.45, 7) is 8.67. The molecule has 1 aliphatic rings. The van der Waals surface area contributed by atoms with Crippen LogP contribution in [-0.2, 0) is 21.1 Å². The maximum Gasteiger partial charge on any atom is 0.227 e. The minimum Gasteiger partial charge on any atom is -0.345 e. The Labute approximate surface area is 187 Å². The van der Waals surface area contributed by atoms with Crippen molar-refractivity contribution in [1.29, 1.82) is 0 Å². The molecule has 0 saturated carbocycles. The number of nitrogens with zero attached hydrogens (tertiary/aromatic N) is 3. The normalized spacial score (nSPS) is 14.9. The van der Waals surface area contributed by atoms with E-state index in [1.165, 1.54) is 15.8 Å². The maximum absolute atomic E-state index is 12.7. The Kier molecular flexibility index (Phi) is 6.03. The van der Waals surface area contributed by atoms with E-state index in [2.05, 4.69) is 30.9 Å². The average Bonchev–Trinajstić information content (AvgIpc) is 3.18. The molecule has 2 heterocycles. The number of sulfone groups is 1. The van der Waals surface area contributed by atoms with Crippen molar-refractivity contribution in [3.8, 4) is 0 Å². The third kappa shape index (κ3) is 4.60. The predicted octanol–water partition coefficient (Wildman–Crippen LogP) is 3.60. The van der Waals surface area contributed by atoms with Crippen molar-refractivity contribution in [2.24, 2.45) is 0 Å². The number of hydrogen-bond donors (Lipinski definition) is 0. The van der Waals surface area contributed by atoms with Crippen LogP contribution in [0.3, 0.4) is 0 Å². The SMILES string of the molecule is CCS(=O)(=O)c1ccc(CC(=O)N2CCN(c3nc4c(C)cc(C)cc4s3)CC2)cc1. The summed E-state index contributed by atoms with van der Waals surface area (Å²) < 4.78 is 25.1. The quantitative estimate of drug-likeness (QED) is 0.586. The monoisotopic (exact) mass is 457 g/mol. The molecule has 0 unspecified atom stereocenters. The van der Waals surface area contributed by atoms with Crippen molar-refractivity contribution in [1.82, 2.24) is 9.88 Å². The van der Waals surface area contributed by atoms with E-state index in [0.29, 0.717) is 18.0 Å². The van der Waals surface area contributed by atoms with E-state index in [1.807, 2.05) is 4.90 Å². The summed E-state index contributed by atoms with van der Waals surface area (Å²) in [6, 6.07) is 11.0. The lowest BCUT2D eigenvalue weighted by Gasteiger charge is -2.34. The van der Waals surface area contributed by atoms with Crippen molar-refractivity contribution in [2.75, 3.05) is 36.8 Å². The van der Waals surface area contributed by atoms with Crippen LogP contribution in [0.2, 0.25) is 0 Å². The Balaban J connectivity index is 1.37. The highest BCUT2D eigenvalue weighted by Crippen LogP contribution is 2.32. The number of hydrogen-bond acceptors (Lipinski definition) is 6. The molecule has 1 fully saturated rings. The fraction of sp³-hybridized carbons (Fsp3) is 0.391. The number of amides is 1. The lowest BCUT2D eigenvalue weighted by Crippen LogP contribution is -2.49. The van der Waals surface area contributed by atoms with Crippen molar-refractivity contribution in [3.05, 3.63) is 53.1 Å². The van der Waals surface area contributed by atoms with Gasteiger partial charge in [-0.25, -0.2) is 13.4 Å². The van der Waals surface area contributed by atoms with Crippen LogP contribution in [0, 0.1) is 13.8 Å². The Morgan fingerprint density at radius 3 is 2.39 bits per heavy atom. The molecule has 0 bridgehead atoms. The summed E-state index contributed by atoms with van der Waals surface area (Å²) in [6.07, 6.45) is 0.284. The van der Waals surface area contributed by atoms with Gasteiger partial charge in [0.05, 0.1) is 27.3 Å². The first-order valence-electron chi connectivity index (χ1n) is 10.5. The summed E-state index contributed by atoms with van der Waals surface area (Å²) in [5.41, 5.74) is 4.34. The molecule has 1 amide bonds. The molecule has 3 aromatic rings. The molecular weight excluding hydrogens is 430 g/mol. The summed E-state index contributed by atoms with van der Waals surface area (Å²) >= 11 is 1.71. The van der Waals surface area contributed by atoms with Crippen LogP contribution < -0.4 is 4.90 Å². The molecule has 0 atom stereocenters. The number of carbonyl (C=O) groups is 1. The molecule has 1 aromatic heterocycles. The van der Waals surface area contributed by atoms with Gasteiger partial charge in [-0.1, -0.05) is 36.5 Å². The second-order valence-electron chi connectivity index (χ2n) is 8.02. The number of aromatic nitrogens is 1. The highest BCUT2D eigenvalue weighted by molar-refractivity contribution is 7.91. The van der Waals surface area contributed by atoms with Gasteiger partial charge in [-0.3, -0.25) is 4.79 Å². The van der Waals surface area contributed by atoms with Crippen LogP contribution in [0.5, 0.6) is 0 Å². The Bertz CT molecular complexity index is 1210. The molecule has 4 rings (SSSR count). The number of anilines is 1. The number of piperazine rings is 1. The number of rotatable bonds is 5. The summed E-state index contributed by atoms with van der Waals surface area (Å²) in [4.78, 5) is 22.0. The summed E-state index contributed by atoms with van der Waals surface area (Å²) in [7, 11) is -3.22. The zero-order chi connectivity index (χ0) is 22.2. The smallest absolute Gasteiger partial charge is 0.227 e. The zero-order valence-corrected chi connectivity index (χ0v) is 19.7. The maximum atomic E-state index is 12.7. The third-order valence-electron chi connectivity index (χ3n) is 5.74. The van der Waals surface area contributed by atoms with Crippen molar-refractivity contribution >= 4 is 42.4 Å². The number of fused-ring (bicyclic) bond motifs is 1. The lowest BCUT2D eigenvalue weighted by molar-refractivity contribution is -0.130. The first-order chi connectivity index (χ1) is 14.8. The number of aryl methyl sites for hydroxylation is 2. The molecule has 1 aliphatic heterocycles. The van der Waals surface area contributed by atoms with Crippen LogP contribution in [0.4, 0.5) is 5.13 Å². The van der Waals surface area contributed by atoms with Crippen molar-refractivity contribution < 1.29 is 13.2 Å². The van der Waals surface area contributed by atoms with Crippen LogP contribution in [0.1, 0.15) is 23.6 Å². The molecule has 31 heavy (non-hydrogen) atoms. The first kappa shape index (κ1) is 21.8. The summed E-state index contributed by atoms with van der Waals surface area (Å²) in [5.74, 6) is 0.144. The molecular formula is C23H27N3O3S2. The van der Waals surface area contributed by atoms with Crippen LogP contribution in [0.15, 0.2) is 41.3 Å². The molecule has 6 nitrogen and oxygen atoms in total. The molecule has 164 valence electrons. The standard InChI is InChI=1S/C23H27N3O3S2/c1-4-31(28,29)19-7-5-18(6-8-19)15-21(27)25-9-11-26(12-10-25)23-24-22-17(3)13-16(2)14-20(22)30-23/h5-8,13-14H,4,9-12,15H2,1-3H3. The first-order valence-corrected chi connectivity index (χ1v) is 13.0. The molecule has 0 N–H and O–H groups in total. The molecule has 8 heteroatoms. The fourth-order valence-corrected chi connectivity index (χ4v) is 5.99. The van der Waals surface area contributed by atoms with Gasteiger partial charge in [0.2, 0.25) is 5.91 Å². The van der Waals surface area contributed by atoms with E-state index >= 15 is 0 Å². The van der Waals surface area contributed by atoms with E-state index in [1.54, 1.807) is 42.5 Å². The van der Waals surface area contributed by atoms with E-state index in [4.69, 9.17) is 4.98 Å². The molecule has 2 aromatic carbocycles. The molecule has 1 saturated heterocycles. The Morgan fingerprint density at radius 1 is 1.06 bits per heavy atom. The van der Waals surface area contributed by atoms with Gasteiger partial charge in [0, 0.05) is 26.2 Å². The van der Waals surface area contributed by atoms with Crippen LogP contribution >= 0.6 is 11.3 Å². The van der Waals surface area contributed by atoms with Gasteiger partial charge >= 0.3 is 0 Å². The lowest BCUT2D eigenvalue weighted by atomic mass is 10.1. The van der Waals surface area contributed by atoms with Crippen molar-refractivity contribution in [3.63, 3.8) is 0 Å². The summed E-state index contributed by atoms with van der Waals surface area (Å²) in [5, 5.41) is 1.02. The number of thiazole rings is 1. The molecule has 0 radical (unpaired) electrons. The zero-order valence-electron chi connectivity index (χ0n) is 18.1. The second kappa shape index (κ2) is 8.59. The number of benzene rings is 2. The number of carbonyl (C=O) groups excluding carboxylic acids is 1. The largest absolute Gasteiger partial charge is 0.345 e. The second-order valence-corrected chi connectivity index (χ2v) is 11.3. The van der Waals surface area contributed by atoms with E-state index in [-0.39, 0.29) is 18.1 Å². The molecule has 0 aliphatic carbocycles. The highest BCUT2D eigenvalue weighted by Gasteiger charge is 2.23. The molecule has 0 spiro atoms. The van der Waals surface area contributed by atoms with Gasteiger partial charge in [0.1, 0.15) is 0 Å². The van der Waals surface area contributed by atoms with Gasteiger partial charge in [0.25, 0.3) is 0 Å². The average molecular weight is 458 g/mol. The predicted molar refractivity (Wildman–Crippen MR) is 126 cm³/mol. The topological polar surface area (TPSA) is 70.6 Å². The highest BCUT2D eigenvalue weighted by atomic mass is 32.2. The van der Waals surface area contributed by atoms with E-state index in [0.717, 1.165) is 29.3 Å². The minimum atomic E-state index is -3.22. The van der Waals surface area contributed by atoms with Crippen LogP contribution in [0.25, 0.3) is 10.2 Å². The van der Waals surface area contributed by atoms with Gasteiger partial charge in [0.15, 0.2) is 15.0 Å². The van der Waals surface area contributed by atoms with Gasteiger partial charge in [-0.15, -0.1) is 0 Å². The van der Waals surface area contributed by atoms with E-state index < -0.39 is 9.84 Å². The van der Waals surface area contributed by atoms with Gasteiger partial charge < -0.3 is 9.80 Å². The third-order valence-corrected chi connectivity index (χ3v) is 8.55. The van der Waals surface area contributed by atoms with Crippen LogP contribution in [-0.4, -0.2) is 56.1 Å².